The lowest BCUT2D eigenvalue weighted by Gasteiger charge is -2.09. The van der Waals surface area contributed by atoms with Crippen molar-refractivity contribution in [1.82, 2.24) is 9.97 Å². The zero-order chi connectivity index (χ0) is 14.8. The van der Waals surface area contributed by atoms with Crippen LogP contribution in [0.3, 0.4) is 0 Å². The van der Waals surface area contributed by atoms with Crippen molar-refractivity contribution in [2.45, 2.75) is 19.8 Å². The zero-order valence-corrected chi connectivity index (χ0v) is 12.6. The van der Waals surface area contributed by atoms with Gasteiger partial charge in [0.05, 0.1) is 5.39 Å². The number of nitrogens with zero attached hydrogens (tertiary/aromatic N) is 2. The molecule has 0 saturated heterocycles. The Labute approximate surface area is 126 Å². The van der Waals surface area contributed by atoms with Crippen molar-refractivity contribution in [2.75, 3.05) is 5.43 Å². The molecule has 0 unspecified atom stereocenters. The number of nitrogen functional groups attached to an aromatic ring is 1. The van der Waals surface area contributed by atoms with Crippen LogP contribution >= 0.6 is 11.3 Å². The number of rotatable bonds is 4. The summed E-state index contributed by atoms with van der Waals surface area (Å²) in [6.07, 6.45) is 0. The molecule has 0 bridgehead atoms. The van der Waals surface area contributed by atoms with Gasteiger partial charge in [0, 0.05) is 0 Å². The zero-order valence-electron chi connectivity index (χ0n) is 11.8. The Kier molecular flexibility index (Phi) is 3.72. The van der Waals surface area contributed by atoms with Crippen LogP contribution in [0.5, 0.6) is 11.6 Å². The van der Waals surface area contributed by atoms with Crippen LogP contribution < -0.4 is 16.0 Å². The third-order valence-corrected chi connectivity index (χ3v) is 3.99. The molecule has 0 aliphatic rings. The topological polar surface area (TPSA) is 73.1 Å². The van der Waals surface area contributed by atoms with Gasteiger partial charge >= 0.3 is 0 Å². The molecule has 3 N–H and O–H groups in total. The van der Waals surface area contributed by atoms with Gasteiger partial charge in [-0.05, 0) is 35.1 Å². The van der Waals surface area contributed by atoms with Crippen LogP contribution in [0.25, 0.3) is 10.2 Å². The van der Waals surface area contributed by atoms with Crippen LogP contribution in [0.1, 0.15) is 25.3 Å². The van der Waals surface area contributed by atoms with Gasteiger partial charge in [-0.25, -0.2) is 10.8 Å². The minimum absolute atomic E-state index is 0.346. The first-order valence-corrected chi connectivity index (χ1v) is 7.55. The normalized spacial score (nSPS) is 11.0. The summed E-state index contributed by atoms with van der Waals surface area (Å²) in [5.74, 6) is 7.49. The van der Waals surface area contributed by atoms with E-state index in [9.17, 15) is 0 Å². The summed E-state index contributed by atoms with van der Waals surface area (Å²) in [6, 6.07) is 9.97. The molecule has 3 rings (SSSR count). The summed E-state index contributed by atoms with van der Waals surface area (Å²) in [4.78, 5) is 9.41. The molecule has 3 aromatic rings. The molecule has 2 heterocycles. The highest BCUT2D eigenvalue weighted by molar-refractivity contribution is 7.16. The van der Waals surface area contributed by atoms with E-state index in [2.05, 4.69) is 41.4 Å². The van der Waals surface area contributed by atoms with E-state index < -0.39 is 0 Å². The monoisotopic (exact) mass is 300 g/mol. The van der Waals surface area contributed by atoms with Gasteiger partial charge < -0.3 is 4.74 Å². The number of nitrogens with one attached hydrogen (secondary N) is 1. The maximum atomic E-state index is 5.89. The van der Waals surface area contributed by atoms with Crippen molar-refractivity contribution in [3.63, 3.8) is 0 Å². The van der Waals surface area contributed by atoms with Gasteiger partial charge in [0.1, 0.15) is 10.6 Å². The third-order valence-electron chi connectivity index (χ3n) is 3.18. The minimum atomic E-state index is 0.346. The highest BCUT2D eigenvalue weighted by atomic mass is 32.1. The van der Waals surface area contributed by atoms with Crippen molar-refractivity contribution >= 4 is 27.5 Å². The van der Waals surface area contributed by atoms with Crippen molar-refractivity contribution in [1.29, 1.82) is 0 Å². The standard InChI is InChI=1S/C15H16N4OS/c1-9(2)10-3-5-11(6-4-10)20-13-12-7-8-21-14(12)18-15(17-13)19-16/h3-9H,16H2,1-2H3,(H,17,18,19). The quantitative estimate of drug-likeness (QED) is 0.565. The molecule has 0 saturated carbocycles. The maximum Gasteiger partial charge on any atom is 0.241 e. The van der Waals surface area contributed by atoms with E-state index in [1.54, 1.807) is 0 Å². The highest BCUT2D eigenvalue weighted by Crippen LogP contribution is 2.31. The SMILES string of the molecule is CC(C)c1ccc(Oc2nc(NN)nc3sccc23)cc1. The van der Waals surface area contributed by atoms with E-state index in [0.29, 0.717) is 17.7 Å². The number of aromatic nitrogens is 2. The van der Waals surface area contributed by atoms with Crippen molar-refractivity contribution in [2.24, 2.45) is 5.84 Å². The summed E-state index contributed by atoms with van der Waals surface area (Å²) < 4.78 is 5.89. The average Bonchev–Trinajstić information content (AvgIpc) is 2.96. The molecule has 0 spiro atoms. The largest absolute Gasteiger partial charge is 0.438 e. The lowest BCUT2D eigenvalue weighted by Crippen LogP contribution is -2.10. The van der Waals surface area contributed by atoms with Crippen LogP contribution in [-0.2, 0) is 0 Å². The Bertz CT molecular complexity index is 752. The van der Waals surface area contributed by atoms with Gasteiger partial charge in [-0.2, -0.15) is 4.98 Å². The summed E-state index contributed by atoms with van der Waals surface area (Å²) in [5.41, 5.74) is 3.74. The summed E-state index contributed by atoms with van der Waals surface area (Å²) in [5, 5.41) is 2.83. The molecule has 0 aliphatic heterocycles. The molecule has 1 aromatic carbocycles. The first-order valence-electron chi connectivity index (χ1n) is 6.67. The van der Waals surface area contributed by atoms with E-state index in [-0.39, 0.29) is 0 Å². The lowest BCUT2D eigenvalue weighted by molar-refractivity contribution is 0.469. The molecule has 6 heteroatoms. The van der Waals surface area contributed by atoms with Gasteiger partial charge in [0.2, 0.25) is 11.8 Å². The number of hydrogen-bond donors (Lipinski definition) is 2. The Balaban J connectivity index is 1.95. The average molecular weight is 300 g/mol. The predicted octanol–water partition coefficient (Wildman–Crippen LogP) is 3.89. The molecule has 0 aliphatic carbocycles. The Morgan fingerprint density at radius 3 is 2.57 bits per heavy atom. The Hall–Kier alpha value is -2.18. The second-order valence-corrected chi connectivity index (χ2v) is 5.86. The van der Waals surface area contributed by atoms with Crippen molar-refractivity contribution < 1.29 is 4.74 Å². The number of fused-ring (bicyclic) bond motifs is 1. The van der Waals surface area contributed by atoms with Crippen LogP contribution in [0.15, 0.2) is 35.7 Å². The number of benzene rings is 1. The number of hydrazine groups is 1. The summed E-state index contributed by atoms with van der Waals surface area (Å²) in [7, 11) is 0. The van der Waals surface area contributed by atoms with Crippen LogP contribution in [0, 0.1) is 0 Å². The second kappa shape index (κ2) is 5.67. The van der Waals surface area contributed by atoms with Crippen LogP contribution in [0.4, 0.5) is 5.95 Å². The Morgan fingerprint density at radius 2 is 1.90 bits per heavy atom. The van der Waals surface area contributed by atoms with Crippen molar-refractivity contribution in [3.8, 4) is 11.6 Å². The van der Waals surface area contributed by atoms with Crippen LogP contribution in [0.2, 0.25) is 0 Å². The highest BCUT2D eigenvalue weighted by Gasteiger charge is 2.10. The van der Waals surface area contributed by atoms with E-state index in [4.69, 9.17) is 10.6 Å². The first-order chi connectivity index (χ1) is 10.2. The summed E-state index contributed by atoms with van der Waals surface area (Å²) >= 11 is 1.52. The fourth-order valence-electron chi connectivity index (χ4n) is 2.00. The minimum Gasteiger partial charge on any atom is -0.438 e. The molecule has 21 heavy (non-hydrogen) atoms. The number of hydrogen-bond acceptors (Lipinski definition) is 6. The van der Waals surface area contributed by atoms with Gasteiger partial charge in [0.15, 0.2) is 0 Å². The van der Waals surface area contributed by atoms with E-state index in [1.165, 1.54) is 16.9 Å². The first kappa shape index (κ1) is 13.8. The summed E-state index contributed by atoms with van der Waals surface area (Å²) in [6.45, 7) is 4.32. The molecule has 2 aromatic heterocycles. The molecule has 0 fully saturated rings. The van der Waals surface area contributed by atoms with E-state index in [1.807, 2.05) is 23.6 Å². The molecular weight excluding hydrogens is 284 g/mol. The maximum absolute atomic E-state index is 5.89. The number of ether oxygens (including phenoxy) is 1. The van der Waals surface area contributed by atoms with Gasteiger partial charge in [0.25, 0.3) is 0 Å². The fourth-order valence-corrected chi connectivity index (χ4v) is 2.76. The lowest BCUT2D eigenvalue weighted by atomic mass is 10.0. The second-order valence-electron chi connectivity index (χ2n) is 4.96. The number of nitrogens with two attached hydrogens (primary N) is 1. The molecular formula is C15H16N4OS. The predicted molar refractivity (Wildman–Crippen MR) is 85.8 cm³/mol. The van der Waals surface area contributed by atoms with E-state index in [0.717, 1.165) is 16.0 Å². The van der Waals surface area contributed by atoms with Gasteiger partial charge in [-0.1, -0.05) is 26.0 Å². The third kappa shape index (κ3) is 2.81. The molecule has 0 amide bonds. The van der Waals surface area contributed by atoms with Crippen LogP contribution in [-0.4, -0.2) is 9.97 Å². The molecule has 0 atom stereocenters. The Morgan fingerprint density at radius 1 is 1.14 bits per heavy atom. The van der Waals surface area contributed by atoms with E-state index >= 15 is 0 Å². The fraction of sp³-hybridized carbons (Fsp3) is 0.200. The number of thiophene rings is 1. The molecule has 0 radical (unpaired) electrons. The van der Waals surface area contributed by atoms with Gasteiger partial charge in [-0.15, -0.1) is 11.3 Å². The van der Waals surface area contributed by atoms with Gasteiger partial charge in [-0.3, -0.25) is 5.43 Å². The molecule has 5 nitrogen and oxygen atoms in total. The number of anilines is 1. The van der Waals surface area contributed by atoms with Crippen molar-refractivity contribution in [3.05, 3.63) is 41.3 Å². The smallest absolute Gasteiger partial charge is 0.241 e. The molecule has 108 valence electrons.